The van der Waals surface area contributed by atoms with Crippen LogP contribution < -0.4 is 11.1 Å². The number of hydrogen-bond donors (Lipinski definition) is 2. The summed E-state index contributed by atoms with van der Waals surface area (Å²) in [6.45, 7) is 0. The monoisotopic (exact) mass is 250 g/mol. The minimum atomic E-state index is -1.09. The van der Waals surface area contributed by atoms with Crippen molar-refractivity contribution in [3.63, 3.8) is 0 Å². The molecule has 1 aromatic rings. The second-order valence-electron chi connectivity index (χ2n) is 3.03. The highest BCUT2D eigenvalue weighted by atomic mass is 32.2. The molecule has 3 N–H and O–H groups in total. The summed E-state index contributed by atoms with van der Waals surface area (Å²) in [5.74, 6) is -0.740. The van der Waals surface area contributed by atoms with Gasteiger partial charge in [-0.05, 0) is 24.3 Å². The number of carbonyl (C=O) groups is 1. The molecular formula is C10H10N4O2S. The predicted molar refractivity (Wildman–Crippen MR) is 63.5 cm³/mol. The molecule has 0 spiro atoms. The van der Waals surface area contributed by atoms with E-state index in [2.05, 4.69) is 10.3 Å². The first-order chi connectivity index (χ1) is 8.04. The third-order valence-electron chi connectivity index (χ3n) is 1.86. The molecule has 1 amide bonds. The molecule has 1 rings (SSSR count). The van der Waals surface area contributed by atoms with Gasteiger partial charge in [0.2, 0.25) is 12.2 Å². The molecule has 1 aromatic carbocycles. The average Bonchev–Trinajstić information content (AvgIpc) is 2.29. The zero-order valence-electron chi connectivity index (χ0n) is 9.01. The molecule has 0 radical (unpaired) electrons. The molecule has 0 aromatic heterocycles. The van der Waals surface area contributed by atoms with Crippen LogP contribution in [0.3, 0.4) is 0 Å². The Morgan fingerprint density at radius 1 is 1.47 bits per heavy atom. The topological polar surface area (TPSA) is 108 Å². The average molecular weight is 250 g/mol. The standard InChI is InChI=1S/C10H10N4O2S/c1-17(16)8-4-2-7(3-5-8)9(15)14-10(12)13-6-11/h2-5H,1H3,(H3,12,13,14,15). The van der Waals surface area contributed by atoms with Gasteiger partial charge in [0.25, 0.3) is 5.91 Å². The van der Waals surface area contributed by atoms with Crippen molar-refractivity contribution in [1.29, 1.82) is 5.26 Å². The van der Waals surface area contributed by atoms with E-state index >= 15 is 0 Å². The van der Waals surface area contributed by atoms with Gasteiger partial charge >= 0.3 is 0 Å². The third-order valence-corrected chi connectivity index (χ3v) is 2.80. The minimum absolute atomic E-state index is 0.263. The summed E-state index contributed by atoms with van der Waals surface area (Å²) >= 11 is 0. The van der Waals surface area contributed by atoms with Crippen LogP contribution in [0.25, 0.3) is 0 Å². The van der Waals surface area contributed by atoms with Crippen molar-refractivity contribution in [3.05, 3.63) is 29.8 Å². The summed E-state index contributed by atoms with van der Waals surface area (Å²) in [4.78, 5) is 15.3. The molecular weight excluding hydrogens is 240 g/mol. The predicted octanol–water partition coefficient (Wildman–Crippen LogP) is -0.0504. The lowest BCUT2D eigenvalue weighted by Crippen LogP contribution is -2.36. The van der Waals surface area contributed by atoms with Crippen molar-refractivity contribution in [2.45, 2.75) is 4.90 Å². The molecule has 0 saturated heterocycles. The highest BCUT2D eigenvalue weighted by Gasteiger charge is 2.07. The van der Waals surface area contributed by atoms with Crippen molar-refractivity contribution in [3.8, 4) is 6.19 Å². The van der Waals surface area contributed by atoms with Crippen LogP contribution in [-0.2, 0) is 10.8 Å². The molecule has 0 bridgehead atoms. The fourth-order valence-corrected chi connectivity index (χ4v) is 1.59. The molecule has 17 heavy (non-hydrogen) atoms. The normalized spacial score (nSPS) is 12.6. The second kappa shape index (κ2) is 5.77. The maximum atomic E-state index is 11.6. The Balaban J connectivity index is 2.81. The van der Waals surface area contributed by atoms with E-state index in [4.69, 9.17) is 11.0 Å². The first-order valence-electron chi connectivity index (χ1n) is 4.51. The van der Waals surface area contributed by atoms with Gasteiger partial charge < -0.3 is 5.73 Å². The van der Waals surface area contributed by atoms with Crippen LogP contribution in [0.15, 0.2) is 34.2 Å². The number of amides is 1. The zero-order chi connectivity index (χ0) is 12.8. The lowest BCUT2D eigenvalue weighted by Gasteiger charge is -2.03. The van der Waals surface area contributed by atoms with Gasteiger partial charge in [0.05, 0.1) is 0 Å². The Morgan fingerprint density at radius 3 is 2.53 bits per heavy atom. The summed E-state index contributed by atoms with van der Waals surface area (Å²) in [6, 6.07) is 6.21. The van der Waals surface area contributed by atoms with Crippen molar-refractivity contribution in [2.75, 3.05) is 6.26 Å². The van der Waals surface area contributed by atoms with Crippen LogP contribution in [0.4, 0.5) is 0 Å². The largest absolute Gasteiger partial charge is 0.369 e. The van der Waals surface area contributed by atoms with Gasteiger partial charge in [-0.3, -0.25) is 14.3 Å². The highest BCUT2D eigenvalue weighted by molar-refractivity contribution is 7.84. The Morgan fingerprint density at radius 2 is 2.06 bits per heavy atom. The SMILES string of the molecule is CS(=O)c1ccc(C(=O)NC(N)=NC#N)cc1. The van der Waals surface area contributed by atoms with E-state index in [0.29, 0.717) is 10.5 Å². The maximum absolute atomic E-state index is 11.6. The summed E-state index contributed by atoms with van der Waals surface area (Å²) in [6.07, 6.45) is 3.00. The van der Waals surface area contributed by atoms with Crippen molar-refractivity contribution < 1.29 is 9.00 Å². The molecule has 0 aliphatic heterocycles. The van der Waals surface area contributed by atoms with Gasteiger partial charge in [-0.2, -0.15) is 5.26 Å². The number of nitrogens with zero attached hydrogens (tertiary/aromatic N) is 2. The molecule has 0 fully saturated rings. The molecule has 1 atom stereocenters. The van der Waals surface area contributed by atoms with E-state index in [9.17, 15) is 9.00 Å². The Labute approximate surface area is 101 Å². The van der Waals surface area contributed by atoms with E-state index < -0.39 is 16.7 Å². The van der Waals surface area contributed by atoms with E-state index in [1.807, 2.05) is 0 Å². The zero-order valence-corrected chi connectivity index (χ0v) is 9.82. The number of aliphatic imine (C=N–C) groups is 1. The number of nitriles is 1. The van der Waals surface area contributed by atoms with E-state index in [1.54, 1.807) is 18.4 Å². The smallest absolute Gasteiger partial charge is 0.257 e. The van der Waals surface area contributed by atoms with E-state index in [1.165, 1.54) is 18.3 Å². The fraction of sp³-hybridized carbons (Fsp3) is 0.100. The van der Waals surface area contributed by atoms with Crippen LogP contribution in [-0.4, -0.2) is 22.3 Å². The van der Waals surface area contributed by atoms with Crippen molar-refractivity contribution in [2.24, 2.45) is 10.7 Å². The summed E-state index contributed by atoms with van der Waals surface area (Å²) in [5.41, 5.74) is 5.59. The van der Waals surface area contributed by atoms with Crippen molar-refractivity contribution >= 4 is 22.7 Å². The molecule has 88 valence electrons. The summed E-state index contributed by atoms with van der Waals surface area (Å²) in [7, 11) is -1.09. The van der Waals surface area contributed by atoms with Crippen LogP contribution >= 0.6 is 0 Å². The van der Waals surface area contributed by atoms with Crippen molar-refractivity contribution in [1.82, 2.24) is 5.32 Å². The van der Waals surface area contributed by atoms with Crippen LogP contribution in [0, 0.1) is 11.5 Å². The number of carbonyl (C=O) groups excluding carboxylic acids is 1. The molecule has 0 saturated carbocycles. The van der Waals surface area contributed by atoms with E-state index in [0.717, 1.165) is 0 Å². The summed E-state index contributed by atoms with van der Waals surface area (Å²) in [5, 5.41) is 10.5. The van der Waals surface area contributed by atoms with Gasteiger partial charge in [-0.15, -0.1) is 4.99 Å². The van der Waals surface area contributed by atoms with Crippen LogP contribution in [0.1, 0.15) is 10.4 Å². The quantitative estimate of drug-likeness (QED) is 0.435. The van der Waals surface area contributed by atoms with Gasteiger partial charge in [0.1, 0.15) is 0 Å². The fourth-order valence-electron chi connectivity index (χ4n) is 1.07. The Hall–Kier alpha value is -2.20. The molecule has 0 aliphatic rings. The van der Waals surface area contributed by atoms with Gasteiger partial charge in [-0.1, -0.05) is 0 Å². The minimum Gasteiger partial charge on any atom is -0.369 e. The number of nitrogens with two attached hydrogens (primary N) is 1. The lowest BCUT2D eigenvalue weighted by atomic mass is 10.2. The Bertz CT molecular complexity index is 516. The molecule has 7 heteroatoms. The van der Waals surface area contributed by atoms with E-state index in [-0.39, 0.29) is 5.96 Å². The number of rotatable bonds is 2. The second-order valence-corrected chi connectivity index (χ2v) is 4.41. The molecule has 0 aliphatic carbocycles. The van der Waals surface area contributed by atoms with Gasteiger partial charge in [0.15, 0.2) is 0 Å². The first kappa shape index (κ1) is 12.9. The number of benzene rings is 1. The maximum Gasteiger partial charge on any atom is 0.257 e. The molecule has 0 heterocycles. The van der Waals surface area contributed by atoms with Gasteiger partial charge in [0, 0.05) is 27.5 Å². The highest BCUT2D eigenvalue weighted by Crippen LogP contribution is 2.07. The number of nitrogens with one attached hydrogen (secondary N) is 1. The molecule has 6 nitrogen and oxygen atoms in total. The summed E-state index contributed by atoms with van der Waals surface area (Å²) < 4.78 is 11.1. The van der Waals surface area contributed by atoms with Gasteiger partial charge in [-0.25, -0.2) is 0 Å². The molecule has 1 unspecified atom stereocenters. The first-order valence-corrected chi connectivity index (χ1v) is 6.07. The Kier molecular flexibility index (Phi) is 4.37. The van der Waals surface area contributed by atoms with Crippen LogP contribution in [0.5, 0.6) is 0 Å². The third kappa shape index (κ3) is 3.70. The van der Waals surface area contributed by atoms with Crippen LogP contribution in [0.2, 0.25) is 0 Å². The number of hydrogen-bond acceptors (Lipinski definition) is 4. The number of guanidine groups is 1. The lowest BCUT2D eigenvalue weighted by molar-refractivity contribution is 0.0976.